The lowest BCUT2D eigenvalue weighted by molar-refractivity contribution is 0.346. The SMILES string of the molecule is CCNC(c1cc(Br)sc1C)C(CC)CC. The standard InChI is InChI=1S/C13H22BrNS/c1-5-10(6-2)13(15-7-3)11-8-12(14)16-9(11)4/h8,10,13,15H,5-7H2,1-4H3. The lowest BCUT2D eigenvalue weighted by atomic mass is 9.89. The number of hydrogen-bond acceptors (Lipinski definition) is 2. The third-order valence-electron chi connectivity index (χ3n) is 3.21. The molecule has 0 aliphatic rings. The predicted octanol–water partition coefficient (Wildman–Crippen LogP) is 4.91. The van der Waals surface area contributed by atoms with Gasteiger partial charge in [-0.05, 0) is 46.9 Å². The molecule has 92 valence electrons. The van der Waals surface area contributed by atoms with Crippen molar-refractivity contribution in [3.05, 3.63) is 20.3 Å². The van der Waals surface area contributed by atoms with Crippen LogP contribution in [0.25, 0.3) is 0 Å². The van der Waals surface area contributed by atoms with E-state index in [1.54, 1.807) is 0 Å². The van der Waals surface area contributed by atoms with E-state index < -0.39 is 0 Å². The number of thiophene rings is 1. The van der Waals surface area contributed by atoms with Crippen LogP contribution in [0.15, 0.2) is 9.85 Å². The molecule has 16 heavy (non-hydrogen) atoms. The molecule has 0 amide bonds. The van der Waals surface area contributed by atoms with Crippen molar-refractivity contribution in [3.63, 3.8) is 0 Å². The minimum absolute atomic E-state index is 0.516. The molecule has 0 saturated carbocycles. The number of halogens is 1. The number of nitrogens with one attached hydrogen (secondary N) is 1. The molecule has 0 bridgehead atoms. The lowest BCUT2D eigenvalue weighted by Crippen LogP contribution is -2.27. The van der Waals surface area contributed by atoms with E-state index >= 15 is 0 Å². The zero-order valence-corrected chi connectivity index (χ0v) is 13.0. The van der Waals surface area contributed by atoms with E-state index in [4.69, 9.17) is 0 Å². The Morgan fingerprint density at radius 2 is 1.94 bits per heavy atom. The van der Waals surface area contributed by atoms with Gasteiger partial charge in [0, 0.05) is 10.9 Å². The molecule has 3 heteroatoms. The lowest BCUT2D eigenvalue weighted by Gasteiger charge is -2.26. The highest BCUT2D eigenvalue weighted by Gasteiger charge is 2.22. The predicted molar refractivity (Wildman–Crippen MR) is 77.2 cm³/mol. The fourth-order valence-electron chi connectivity index (χ4n) is 2.28. The van der Waals surface area contributed by atoms with Crippen LogP contribution in [0, 0.1) is 12.8 Å². The Hall–Kier alpha value is 0.140. The Bertz CT molecular complexity index is 318. The van der Waals surface area contributed by atoms with E-state index in [0.717, 1.165) is 12.5 Å². The van der Waals surface area contributed by atoms with Gasteiger partial charge >= 0.3 is 0 Å². The van der Waals surface area contributed by atoms with Crippen molar-refractivity contribution in [2.24, 2.45) is 5.92 Å². The topological polar surface area (TPSA) is 12.0 Å². The summed E-state index contributed by atoms with van der Waals surface area (Å²) in [7, 11) is 0. The van der Waals surface area contributed by atoms with E-state index in [9.17, 15) is 0 Å². The highest BCUT2D eigenvalue weighted by atomic mass is 79.9. The summed E-state index contributed by atoms with van der Waals surface area (Å²) < 4.78 is 1.24. The smallest absolute Gasteiger partial charge is 0.0704 e. The highest BCUT2D eigenvalue weighted by Crippen LogP contribution is 2.35. The van der Waals surface area contributed by atoms with E-state index in [1.807, 2.05) is 11.3 Å². The summed E-state index contributed by atoms with van der Waals surface area (Å²) in [6.07, 6.45) is 2.47. The second-order valence-electron chi connectivity index (χ2n) is 4.17. The maximum atomic E-state index is 3.64. The molecule has 0 aliphatic carbocycles. The van der Waals surface area contributed by atoms with Gasteiger partial charge < -0.3 is 5.32 Å². The largest absolute Gasteiger partial charge is 0.310 e. The van der Waals surface area contributed by atoms with Gasteiger partial charge in [0.15, 0.2) is 0 Å². The Kier molecular flexibility index (Phi) is 6.01. The molecule has 0 fully saturated rings. The summed E-state index contributed by atoms with van der Waals surface area (Å²) in [5.74, 6) is 0.736. The molecule has 0 radical (unpaired) electrons. The third-order valence-corrected chi connectivity index (χ3v) is 4.77. The van der Waals surface area contributed by atoms with Crippen LogP contribution in [0.3, 0.4) is 0 Å². The molecular weight excluding hydrogens is 282 g/mol. The molecule has 1 N–H and O–H groups in total. The van der Waals surface area contributed by atoms with E-state index in [0.29, 0.717) is 6.04 Å². The second kappa shape index (κ2) is 6.77. The number of aryl methyl sites for hydroxylation is 1. The fraction of sp³-hybridized carbons (Fsp3) is 0.692. The molecule has 0 aromatic carbocycles. The summed E-state index contributed by atoms with van der Waals surface area (Å²) in [5.41, 5.74) is 1.48. The first-order valence-corrected chi connectivity index (χ1v) is 7.74. The Balaban J connectivity index is 2.96. The zero-order valence-electron chi connectivity index (χ0n) is 10.6. The van der Waals surface area contributed by atoms with Crippen molar-refractivity contribution >= 4 is 27.3 Å². The van der Waals surface area contributed by atoms with Crippen LogP contribution in [0.4, 0.5) is 0 Å². The molecule has 1 atom stereocenters. The Morgan fingerprint density at radius 1 is 1.31 bits per heavy atom. The van der Waals surface area contributed by atoms with Crippen molar-refractivity contribution in [1.82, 2.24) is 5.32 Å². The minimum atomic E-state index is 0.516. The monoisotopic (exact) mass is 303 g/mol. The van der Waals surface area contributed by atoms with Crippen LogP contribution >= 0.6 is 27.3 Å². The molecule has 0 saturated heterocycles. The normalized spacial score (nSPS) is 13.4. The van der Waals surface area contributed by atoms with Gasteiger partial charge in [-0.1, -0.05) is 33.6 Å². The van der Waals surface area contributed by atoms with Gasteiger partial charge in [-0.15, -0.1) is 11.3 Å². The maximum absolute atomic E-state index is 3.64. The third kappa shape index (κ3) is 3.31. The summed E-state index contributed by atoms with van der Waals surface area (Å²) in [5, 5.41) is 3.64. The molecule has 1 heterocycles. The van der Waals surface area contributed by atoms with Crippen molar-refractivity contribution < 1.29 is 0 Å². The van der Waals surface area contributed by atoms with Gasteiger partial charge in [0.1, 0.15) is 0 Å². The van der Waals surface area contributed by atoms with Gasteiger partial charge in [-0.3, -0.25) is 0 Å². The van der Waals surface area contributed by atoms with E-state index in [2.05, 4.69) is 55.0 Å². The summed E-state index contributed by atoms with van der Waals surface area (Å²) in [4.78, 5) is 1.43. The molecule has 0 spiro atoms. The first-order valence-electron chi connectivity index (χ1n) is 6.13. The van der Waals surface area contributed by atoms with Crippen LogP contribution < -0.4 is 5.32 Å². The van der Waals surface area contributed by atoms with Crippen molar-refractivity contribution in [2.45, 2.75) is 46.6 Å². The van der Waals surface area contributed by atoms with Crippen molar-refractivity contribution in [3.8, 4) is 0 Å². The van der Waals surface area contributed by atoms with Crippen LogP contribution in [0.1, 0.15) is 50.1 Å². The molecule has 1 aromatic rings. The number of hydrogen-bond donors (Lipinski definition) is 1. The Labute approximate surface area is 112 Å². The zero-order chi connectivity index (χ0) is 12.1. The van der Waals surface area contributed by atoms with Gasteiger partial charge in [0.05, 0.1) is 3.79 Å². The summed E-state index contributed by atoms with van der Waals surface area (Å²) >= 11 is 5.42. The van der Waals surface area contributed by atoms with Crippen LogP contribution in [-0.2, 0) is 0 Å². The molecule has 1 rings (SSSR count). The van der Waals surface area contributed by atoms with Crippen LogP contribution in [0.5, 0.6) is 0 Å². The van der Waals surface area contributed by atoms with E-state index in [1.165, 1.54) is 27.1 Å². The number of rotatable bonds is 6. The molecule has 1 unspecified atom stereocenters. The fourth-order valence-corrected chi connectivity index (χ4v) is 4.04. The molecule has 1 aromatic heterocycles. The van der Waals surface area contributed by atoms with Crippen LogP contribution in [0.2, 0.25) is 0 Å². The van der Waals surface area contributed by atoms with Gasteiger partial charge in [-0.25, -0.2) is 0 Å². The van der Waals surface area contributed by atoms with Gasteiger partial charge in [0.2, 0.25) is 0 Å². The van der Waals surface area contributed by atoms with Crippen LogP contribution in [-0.4, -0.2) is 6.54 Å². The first kappa shape index (κ1) is 14.2. The summed E-state index contributed by atoms with van der Waals surface area (Å²) in [6.45, 7) is 10.0. The second-order valence-corrected chi connectivity index (χ2v) is 6.81. The minimum Gasteiger partial charge on any atom is -0.310 e. The molecule has 1 nitrogen and oxygen atoms in total. The average molecular weight is 304 g/mol. The van der Waals surface area contributed by atoms with Crippen molar-refractivity contribution in [2.75, 3.05) is 6.54 Å². The van der Waals surface area contributed by atoms with Gasteiger partial charge in [0.25, 0.3) is 0 Å². The average Bonchev–Trinajstić information content (AvgIpc) is 2.58. The molecular formula is C13H22BrNS. The van der Waals surface area contributed by atoms with E-state index in [-0.39, 0.29) is 0 Å². The molecule has 0 aliphatic heterocycles. The Morgan fingerprint density at radius 3 is 2.31 bits per heavy atom. The first-order chi connectivity index (χ1) is 7.63. The van der Waals surface area contributed by atoms with Crippen molar-refractivity contribution in [1.29, 1.82) is 0 Å². The van der Waals surface area contributed by atoms with Gasteiger partial charge in [-0.2, -0.15) is 0 Å². The quantitative estimate of drug-likeness (QED) is 0.787. The highest BCUT2D eigenvalue weighted by molar-refractivity contribution is 9.11. The summed E-state index contributed by atoms with van der Waals surface area (Å²) in [6, 6.07) is 2.80. The maximum Gasteiger partial charge on any atom is 0.0704 e.